The fourth-order valence-corrected chi connectivity index (χ4v) is 3.83. The highest BCUT2D eigenvalue weighted by molar-refractivity contribution is 5.51. The smallest absolute Gasteiger partial charge is 0.136 e. The van der Waals surface area contributed by atoms with Crippen molar-refractivity contribution in [2.75, 3.05) is 29.9 Å². The topological polar surface area (TPSA) is 61.3 Å². The molecule has 1 aromatic rings. The molecule has 0 bridgehead atoms. The Morgan fingerprint density at radius 2 is 2.10 bits per heavy atom. The van der Waals surface area contributed by atoms with Gasteiger partial charge in [-0.1, -0.05) is 0 Å². The normalized spacial score (nSPS) is 31.5. The Balaban J connectivity index is 1.59. The van der Waals surface area contributed by atoms with Gasteiger partial charge in [0.1, 0.15) is 17.5 Å². The van der Waals surface area contributed by atoms with Crippen LogP contribution in [0.2, 0.25) is 0 Å². The summed E-state index contributed by atoms with van der Waals surface area (Å²) in [6.07, 6.45) is 4.46. The van der Waals surface area contributed by atoms with Gasteiger partial charge in [0.25, 0.3) is 0 Å². The number of anilines is 2. The van der Waals surface area contributed by atoms with Crippen molar-refractivity contribution in [3.8, 4) is 0 Å². The highest BCUT2D eigenvalue weighted by atomic mass is 16.3. The van der Waals surface area contributed by atoms with Gasteiger partial charge >= 0.3 is 0 Å². The predicted molar refractivity (Wildman–Crippen MR) is 82.6 cm³/mol. The summed E-state index contributed by atoms with van der Waals surface area (Å²) in [5.41, 5.74) is 0. The van der Waals surface area contributed by atoms with Gasteiger partial charge in [-0.05, 0) is 38.5 Å². The number of nitrogens with one attached hydrogen (secondary N) is 1. The fraction of sp³-hybridized carbons (Fsp3) is 0.750. The molecule has 3 unspecified atom stereocenters. The first-order valence-electron chi connectivity index (χ1n) is 8.30. The average molecular weight is 288 g/mol. The standard InChI is InChI=1S/C16H24N4O/c1-2-17-14-7-15(19-16(18-14)10-3-4-10)20-8-11-5-6-13(21)12(11)9-20/h7,10-13,21H,2-6,8-9H2,1H3,(H,17,18,19). The number of aromatic nitrogens is 2. The van der Waals surface area contributed by atoms with E-state index in [0.717, 1.165) is 49.9 Å². The van der Waals surface area contributed by atoms with Crippen molar-refractivity contribution in [3.05, 3.63) is 11.9 Å². The Labute approximate surface area is 125 Å². The van der Waals surface area contributed by atoms with Gasteiger partial charge < -0.3 is 15.3 Å². The third-order valence-electron chi connectivity index (χ3n) is 5.17. The summed E-state index contributed by atoms with van der Waals surface area (Å²) < 4.78 is 0. The molecule has 0 aromatic carbocycles. The van der Waals surface area contributed by atoms with E-state index in [1.165, 1.54) is 12.8 Å². The minimum Gasteiger partial charge on any atom is -0.393 e. The highest BCUT2D eigenvalue weighted by Gasteiger charge is 2.42. The van der Waals surface area contributed by atoms with Gasteiger partial charge in [-0.25, -0.2) is 9.97 Å². The van der Waals surface area contributed by atoms with Crippen LogP contribution >= 0.6 is 0 Å². The molecule has 4 rings (SSSR count). The summed E-state index contributed by atoms with van der Waals surface area (Å²) in [6.45, 7) is 4.95. The first-order valence-corrected chi connectivity index (χ1v) is 8.30. The van der Waals surface area contributed by atoms with Crippen LogP contribution in [0, 0.1) is 11.8 Å². The number of aliphatic hydroxyl groups is 1. The Morgan fingerprint density at radius 3 is 2.81 bits per heavy atom. The van der Waals surface area contributed by atoms with Gasteiger partial charge in [-0.3, -0.25) is 0 Å². The van der Waals surface area contributed by atoms with E-state index in [4.69, 9.17) is 4.98 Å². The Kier molecular flexibility index (Phi) is 3.25. The van der Waals surface area contributed by atoms with E-state index in [1.54, 1.807) is 0 Å². The van der Waals surface area contributed by atoms with Gasteiger partial charge in [0.2, 0.25) is 0 Å². The second-order valence-corrected chi connectivity index (χ2v) is 6.75. The van der Waals surface area contributed by atoms with Crippen LogP contribution in [-0.4, -0.2) is 40.8 Å². The lowest BCUT2D eigenvalue weighted by Crippen LogP contribution is -2.25. The number of aliphatic hydroxyl groups excluding tert-OH is 1. The highest BCUT2D eigenvalue weighted by Crippen LogP contribution is 2.42. The molecule has 0 amide bonds. The molecule has 0 spiro atoms. The van der Waals surface area contributed by atoms with Crippen LogP contribution in [0.3, 0.4) is 0 Å². The zero-order valence-corrected chi connectivity index (χ0v) is 12.6. The molecule has 0 radical (unpaired) electrons. The van der Waals surface area contributed by atoms with Crippen molar-refractivity contribution < 1.29 is 5.11 Å². The summed E-state index contributed by atoms with van der Waals surface area (Å²) in [7, 11) is 0. The van der Waals surface area contributed by atoms with Crippen molar-refractivity contribution in [3.63, 3.8) is 0 Å². The maximum absolute atomic E-state index is 10.1. The maximum atomic E-state index is 10.1. The Morgan fingerprint density at radius 1 is 1.24 bits per heavy atom. The molecule has 1 aliphatic heterocycles. The molecule has 3 aliphatic rings. The largest absolute Gasteiger partial charge is 0.393 e. The molecule has 21 heavy (non-hydrogen) atoms. The molecule has 1 aromatic heterocycles. The monoisotopic (exact) mass is 288 g/mol. The molecule has 2 N–H and O–H groups in total. The second kappa shape index (κ2) is 5.13. The molecule has 114 valence electrons. The van der Waals surface area contributed by atoms with Crippen LogP contribution in [0.4, 0.5) is 11.6 Å². The molecule has 1 saturated heterocycles. The lowest BCUT2D eigenvalue weighted by Gasteiger charge is -2.21. The van der Waals surface area contributed by atoms with Crippen molar-refractivity contribution in [2.45, 2.75) is 44.6 Å². The van der Waals surface area contributed by atoms with Crippen LogP contribution in [0.5, 0.6) is 0 Å². The lowest BCUT2D eigenvalue weighted by molar-refractivity contribution is 0.133. The first-order chi connectivity index (χ1) is 10.2. The van der Waals surface area contributed by atoms with Crippen molar-refractivity contribution in [1.29, 1.82) is 0 Å². The number of hydrogen-bond acceptors (Lipinski definition) is 5. The number of rotatable bonds is 4. The number of fused-ring (bicyclic) bond motifs is 1. The van der Waals surface area contributed by atoms with Gasteiger partial charge in [-0.2, -0.15) is 0 Å². The summed E-state index contributed by atoms with van der Waals surface area (Å²) in [4.78, 5) is 11.8. The molecule has 5 heteroatoms. The van der Waals surface area contributed by atoms with Crippen LogP contribution < -0.4 is 10.2 Å². The minimum absolute atomic E-state index is 0.113. The third-order valence-corrected chi connectivity index (χ3v) is 5.17. The van der Waals surface area contributed by atoms with E-state index < -0.39 is 0 Å². The minimum atomic E-state index is -0.113. The SMILES string of the molecule is CCNc1cc(N2CC3CCC(O)C3C2)nc(C2CC2)n1. The molecule has 2 saturated carbocycles. The lowest BCUT2D eigenvalue weighted by atomic mass is 10.00. The van der Waals surface area contributed by atoms with E-state index in [-0.39, 0.29) is 6.10 Å². The molecule has 2 heterocycles. The zero-order valence-electron chi connectivity index (χ0n) is 12.6. The number of nitrogens with zero attached hydrogens (tertiary/aromatic N) is 3. The summed E-state index contributed by atoms with van der Waals surface area (Å²) in [5.74, 6) is 4.64. The van der Waals surface area contributed by atoms with Crippen LogP contribution in [0.15, 0.2) is 6.07 Å². The van der Waals surface area contributed by atoms with E-state index in [9.17, 15) is 5.11 Å². The van der Waals surface area contributed by atoms with Crippen molar-refractivity contribution >= 4 is 11.6 Å². The second-order valence-electron chi connectivity index (χ2n) is 6.75. The van der Waals surface area contributed by atoms with Crippen molar-refractivity contribution in [2.24, 2.45) is 11.8 Å². The average Bonchev–Trinajstić information content (AvgIpc) is 3.15. The van der Waals surface area contributed by atoms with Gasteiger partial charge in [0.05, 0.1) is 6.10 Å². The molecule has 3 fully saturated rings. The Bertz CT molecular complexity index is 531. The van der Waals surface area contributed by atoms with E-state index in [1.807, 2.05) is 0 Å². The number of hydrogen-bond donors (Lipinski definition) is 2. The molecular weight excluding hydrogens is 264 g/mol. The molecule has 5 nitrogen and oxygen atoms in total. The molecular formula is C16H24N4O. The predicted octanol–water partition coefficient (Wildman–Crippen LogP) is 1.99. The third kappa shape index (κ3) is 2.48. The zero-order chi connectivity index (χ0) is 14.4. The quantitative estimate of drug-likeness (QED) is 0.887. The van der Waals surface area contributed by atoms with Crippen LogP contribution in [-0.2, 0) is 0 Å². The summed E-state index contributed by atoms with van der Waals surface area (Å²) in [6, 6.07) is 2.07. The first kappa shape index (κ1) is 13.3. The van der Waals surface area contributed by atoms with E-state index in [0.29, 0.717) is 17.8 Å². The van der Waals surface area contributed by atoms with Crippen LogP contribution in [0.1, 0.15) is 44.3 Å². The van der Waals surface area contributed by atoms with E-state index >= 15 is 0 Å². The molecule has 2 aliphatic carbocycles. The molecule has 3 atom stereocenters. The van der Waals surface area contributed by atoms with Gasteiger partial charge in [-0.15, -0.1) is 0 Å². The van der Waals surface area contributed by atoms with E-state index in [2.05, 4.69) is 28.2 Å². The summed E-state index contributed by atoms with van der Waals surface area (Å²) in [5, 5.41) is 13.4. The summed E-state index contributed by atoms with van der Waals surface area (Å²) >= 11 is 0. The maximum Gasteiger partial charge on any atom is 0.136 e. The Hall–Kier alpha value is -1.36. The fourth-order valence-electron chi connectivity index (χ4n) is 3.83. The van der Waals surface area contributed by atoms with Crippen molar-refractivity contribution in [1.82, 2.24) is 9.97 Å². The van der Waals surface area contributed by atoms with Gasteiger partial charge in [0.15, 0.2) is 0 Å². The van der Waals surface area contributed by atoms with Crippen LogP contribution in [0.25, 0.3) is 0 Å². The van der Waals surface area contributed by atoms with Gasteiger partial charge in [0, 0.05) is 37.5 Å².